The summed E-state index contributed by atoms with van der Waals surface area (Å²) in [6.45, 7) is 7.98. The third kappa shape index (κ3) is 5.37. The van der Waals surface area contributed by atoms with Gasteiger partial charge in [-0.05, 0) is 45.9 Å². The zero-order chi connectivity index (χ0) is 18.6. The zero-order valence-electron chi connectivity index (χ0n) is 14.9. The molecule has 0 aliphatic carbocycles. The summed E-state index contributed by atoms with van der Waals surface area (Å²) in [6, 6.07) is 5.93. The lowest BCUT2D eigenvalue weighted by Gasteiger charge is -2.22. The maximum absolute atomic E-state index is 12.1. The summed E-state index contributed by atoms with van der Waals surface area (Å²) >= 11 is 0. The summed E-state index contributed by atoms with van der Waals surface area (Å²) in [7, 11) is 0. The van der Waals surface area contributed by atoms with Crippen LogP contribution in [0.1, 0.15) is 27.7 Å². The van der Waals surface area contributed by atoms with Crippen molar-refractivity contribution in [2.75, 3.05) is 23.4 Å². The summed E-state index contributed by atoms with van der Waals surface area (Å²) in [6.07, 6.45) is -0.387. The predicted molar refractivity (Wildman–Crippen MR) is 94.6 cm³/mol. The molecule has 8 nitrogen and oxygen atoms in total. The lowest BCUT2D eigenvalue weighted by Crippen LogP contribution is -2.51. The highest BCUT2D eigenvalue weighted by Crippen LogP contribution is 2.22. The Morgan fingerprint density at radius 3 is 2.60 bits per heavy atom. The van der Waals surface area contributed by atoms with E-state index in [0.29, 0.717) is 24.5 Å². The van der Waals surface area contributed by atoms with Crippen molar-refractivity contribution in [2.45, 2.75) is 39.3 Å². The van der Waals surface area contributed by atoms with Gasteiger partial charge in [0.25, 0.3) is 0 Å². The molecule has 0 radical (unpaired) electrons. The fourth-order valence-electron chi connectivity index (χ4n) is 2.30. The highest BCUT2D eigenvalue weighted by molar-refractivity contribution is 5.98. The summed E-state index contributed by atoms with van der Waals surface area (Å²) in [5, 5.41) is 7.98. The first-order chi connectivity index (χ1) is 11.7. The first-order valence-corrected chi connectivity index (χ1v) is 8.09. The second-order valence-corrected chi connectivity index (χ2v) is 6.88. The number of cyclic esters (lactones) is 1. The summed E-state index contributed by atoms with van der Waals surface area (Å²) in [5.74, 6) is -0.451. The van der Waals surface area contributed by atoms with E-state index in [2.05, 4.69) is 16.0 Å². The molecule has 2 rings (SSSR count). The van der Waals surface area contributed by atoms with E-state index in [1.165, 1.54) is 4.90 Å². The number of imide groups is 1. The van der Waals surface area contributed by atoms with E-state index in [0.717, 1.165) is 0 Å². The maximum Gasteiger partial charge on any atom is 0.414 e. The van der Waals surface area contributed by atoms with Gasteiger partial charge in [0, 0.05) is 16.9 Å². The Balaban J connectivity index is 1.96. The van der Waals surface area contributed by atoms with Crippen LogP contribution in [0.3, 0.4) is 0 Å². The number of carbonyl (C=O) groups is 3. The van der Waals surface area contributed by atoms with Crippen molar-refractivity contribution in [3.05, 3.63) is 24.3 Å². The number of amides is 4. The first-order valence-electron chi connectivity index (χ1n) is 8.09. The molecule has 1 heterocycles. The van der Waals surface area contributed by atoms with E-state index in [4.69, 9.17) is 4.74 Å². The number of anilines is 2. The summed E-state index contributed by atoms with van der Waals surface area (Å²) in [5.41, 5.74) is 0.918. The van der Waals surface area contributed by atoms with Gasteiger partial charge in [0.2, 0.25) is 5.91 Å². The number of rotatable bonds is 4. The van der Waals surface area contributed by atoms with Crippen LogP contribution in [0.15, 0.2) is 24.3 Å². The normalized spacial score (nSPS) is 15.4. The van der Waals surface area contributed by atoms with E-state index in [-0.39, 0.29) is 6.09 Å². The number of benzene rings is 1. The quantitative estimate of drug-likeness (QED) is 0.773. The van der Waals surface area contributed by atoms with Crippen LogP contribution >= 0.6 is 0 Å². The average Bonchev–Trinajstić information content (AvgIpc) is 2.91. The van der Waals surface area contributed by atoms with Crippen LogP contribution < -0.4 is 20.9 Å². The van der Waals surface area contributed by atoms with Gasteiger partial charge in [-0.3, -0.25) is 15.0 Å². The van der Waals surface area contributed by atoms with Crippen molar-refractivity contribution in [3.8, 4) is 0 Å². The summed E-state index contributed by atoms with van der Waals surface area (Å²) < 4.78 is 4.92. The van der Waals surface area contributed by atoms with Crippen LogP contribution in [0.25, 0.3) is 0 Å². The lowest BCUT2D eigenvalue weighted by molar-refractivity contribution is -0.120. The van der Waals surface area contributed by atoms with Gasteiger partial charge in [-0.15, -0.1) is 0 Å². The van der Waals surface area contributed by atoms with Gasteiger partial charge in [0.1, 0.15) is 12.6 Å². The van der Waals surface area contributed by atoms with Crippen molar-refractivity contribution in [2.24, 2.45) is 0 Å². The number of carbonyl (C=O) groups excluding carboxylic acids is 3. The third-order valence-corrected chi connectivity index (χ3v) is 3.42. The Morgan fingerprint density at radius 1 is 1.28 bits per heavy atom. The molecule has 1 fully saturated rings. The second-order valence-electron chi connectivity index (χ2n) is 6.88. The van der Waals surface area contributed by atoms with Crippen LogP contribution in [-0.4, -0.2) is 42.8 Å². The van der Waals surface area contributed by atoms with Gasteiger partial charge < -0.3 is 15.4 Å². The molecule has 1 aliphatic rings. The predicted octanol–water partition coefficient (Wildman–Crippen LogP) is 2.07. The average molecular weight is 348 g/mol. The zero-order valence-corrected chi connectivity index (χ0v) is 14.9. The first kappa shape index (κ1) is 18.6. The number of nitrogens with zero attached hydrogens (tertiary/aromatic N) is 1. The van der Waals surface area contributed by atoms with E-state index in [1.54, 1.807) is 31.2 Å². The molecule has 3 N–H and O–H groups in total. The molecule has 0 aromatic heterocycles. The van der Waals surface area contributed by atoms with Crippen LogP contribution in [0.4, 0.5) is 21.0 Å². The number of nitrogens with one attached hydrogen (secondary N) is 3. The number of urea groups is 1. The van der Waals surface area contributed by atoms with E-state index in [1.807, 2.05) is 20.8 Å². The Kier molecular flexibility index (Phi) is 5.51. The van der Waals surface area contributed by atoms with Crippen molar-refractivity contribution < 1.29 is 19.1 Å². The van der Waals surface area contributed by atoms with Gasteiger partial charge in [0.15, 0.2) is 0 Å². The monoisotopic (exact) mass is 348 g/mol. The fourth-order valence-corrected chi connectivity index (χ4v) is 2.30. The fraction of sp³-hybridized carbons (Fsp3) is 0.471. The molecular formula is C17H24N4O4. The van der Waals surface area contributed by atoms with Gasteiger partial charge >= 0.3 is 12.1 Å². The van der Waals surface area contributed by atoms with Crippen molar-refractivity contribution in [3.63, 3.8) is 0 Å². The number of ether oxygens (including phenoxy) is 1. The Bertz CT molecular complexity index is 669. The molecule has 8 heteroatoms. The molecule has 0 spiro atoms. The molecular weight excluding hydrogens is 324 g/mol. The number of hydrogen-bond donors (Lipinski definition) is 3. The summed E-state index contributed by atoms with van der Waals surface area (Å²) in [4.78, 5) is 37.0. The highest BCUT2D eigenvalue weighted by atomic mass is 16.6. The topological polar surface area (TPSA) is 99.8 Å². The molecule has 1 atom stereocenters. The van der Waals surface area contributed by atoms with E-state index >= 15 is 0 Å². The minimum atomic E-state index is -0.633. The van der Waals surface area contributed by atoms with Crippen LogP contribution in [0.2, 0.25) is 0 Å². The Morgan fingerprint density at radius 2 is 2.00 bits per heavy atom. The van der Waals surface area contributed by atoms with Gasteiger partial charge in [-0.1, -0.05) is 6.07 Å². The molecule has 1 aliphatic heterocycles. The van der Waals surface area contributed by atoms with Crippen molar-refractivity contribution in [1.82, 2.24) is 10.6 Å². The van der Waals surface area contributed by atoms with Gasteiger partial charge in [-0.2, -0.15) is 0 Å². The van der Waals surface area contributed by atoms with Crippen LogP contribution in [0.5, 0.6) is 0 Å². The minimum Gasteiger partial charge on any atom is -0.447 e. The van der Waals surface area contributed by atoms with Gasteiger partial charge in [0.05, 0.1) is 6.54 Å². The van der Waals surface area contributed by atoms with E-state index < -0.39 is 23.5 Å². The SMILES string of the molecule is C[C@@H](Nc1cccc(N2CCOC2=O)c1)C(=O)NC(=O)NC(C)(C)C. The smallest absolute Gasteiger partial charge is 0.414 e. The molecule has 0 unspecified atom stereocenters. The Labute approximate surface area is 146 Å². The maximum atomic E-state index is 12.1. The van der Waals surface area contributed by atoms with Crippen molar-refractivity contribution >= 4 is 29.4 Å². The van der Waals surface area contributed by atoms with E-state index in [9.17, 15) is 14.4 Å². The highest BCUT2D eigenvalue weighted by Gasteiger charge is 2.24. The largest absolute Gasteiger partial charge is 0.447 e. The molecule has 4 amide bonds. The molecule has 1 saturated heterocycles. The van der Waals surface area contributed by atoms with Crippen molar-refractivity contribution in [1.29, 1.82) is 0 Å². The lowest BCUT2D eigenvalue weighted by atomic mass is 10.1. The molecule has 1 aromatic rings. The third-order valence-electron chi connectivity index (χ3n) is 3.42. The number of hydrogen-bond acceptors (Lipinski definition) is 5. The Hall–Kier alpha value is -2.77. The molecule has 136 valence electrons. The second kappa shape index (κ2) is 7.42. The molecule has 25 heavy (non-hydrogen) atoms. The minimum absolute atomic E-state index is 0.359. The molecule has 0 bridgehead atoms. The van der Waals surface area contributed by atoms with Crippen LogP contribution in [0, 0.1) is 0 Å². The van der Waals surface area contributed by atoms with Crippen LogP contribution in [-0.2, 0) is 9.53 Å². The molecule has 0 saturated carbocycles. The standard InChI is InChI=1S/C17H24N4O4/c1-11(14(22)19-15(23)20-17(2,3)4)18-12-6-5-7-13(10-12)21-8-9-25-16(21)24/h5-7,10-11,18H,8-9H2,1-4H3,(H2,19,20,22,23)/t11-/m1/s1. The molecule has 1 aromatic carbocycles. The van der Waals surface area contributed by atoms with Gasteiger partial charge in [-0.25, -0.2) is 9.59 Å².